The molecule has 0 saturated heterocycles. The van der Waals surface area contributed by atoms with E-state index < -0.39 is 54.1 Å². The Morgan fingerprint density at radius 1 is 0.583 bits per heavy atom. The van der Waals surface area contributed by atoms with E-state index in [1.165, 1.54) is 0 Å². The van der Waals surface area contributed by atoms with Gasteiger partial charge < -0.3 is 35.7 Å². The molecule has 0 radical (unpaired) electrons. The highest BCUT2D eigenvalue weighted by atomic mass is 16.4. The van der Waals surface area contributed by atoms with Crippen LogP contribution in [0.4, 0.5) is 0 Å². The fourth-order valence-electron chi connectivity index (χ4n) is 3.11. The lowest BCUT2D eigenvalue weighted by molar-refractivity contribution is -0.198. The van der Waals surface area contributed by atoms with Crippen LogP contribution in [0.5, 0.6) is 0 Å². The van der Waals surface area contributed by atoms with Crippen molar-refractivity contribution >= 4 is 29.8 Å². The summed E-state index contributed by atoms with van der Waals surface area (Å²) >= 11 is 0. The molecule has 0 aliphatic carbocycles. The highest BCUT2D eigenvalue weighted by Crippen LogP contribution is 2.16. The fourth-order valence-corrected chi connectivity index (χ4v) is 3.11. The van der Waals surface area contributed by atoms with Crippen LogP contribution in [0.1, 0.15) is 73.1 Å². The summed E-state index contributed by atoms with van der Waals surface area (Å²) in [5, 5.41) is 60.4. The van der Waals surface area contributed by atoms with Crippen LogP contribution >= 0.6 is 0 Å². The molecule has 14 heteroatoms. The molecule has 0 amide bonds. The van der Waals surface area contributed by atoms with E-state index in [9.17, 15) is 29.1 Å². The van der Waals surface area contributed by atoms with Gasteiger partial charge in [-0.2, -0.15) is 0 Å². The molecule has 0 saturated carbocycles. The van der Waals surface area contributed by atoms with Crippen molar-refractivity contribution in [2.75, 3.05) is 26.2 Å². The molecular weight excluding hydrogens is 484 g/mol. The maximum atomic E-state index is 10.3. The monoisotopic (exact) mass is 526 g/mol. The molecule has 0 aromatic rings. The molecule has 0 bridgehead atoms. The predicted molar refractivity (Wildman–Crippen MR) is 127 cm³/mol. The summed E-state index contributed by atoms with van der Waals surface area (Å²) in [6.45, 7) is 13.7. The number of nitrogens with zero attached hydrogens (tertiary/aromatic N) is 2. The minimum atomic E-state index is -2.74. The second kappa shape index (κ2) is 19.4. The Morgan fingerprint density at radius 2 is 0.861 bits per heavy atom. The Labute approximate surface area is 210 Å². The zero-order chi connectivity index (χ0) is 29.1. The summed E-state index contributed by atoms with van der Waals surface area (Å²) in [6, 6.07) is 0. The highest BCUT2D eigenvalue weighted by Gasteiger charge is 2.40. The van der Waals surface area contributed by atoms with Gasteiger partial charge in [0.15, 0.2) is 11.4 Å². The van der Waals surface area contributed by atoms with Crippen molar-refractivity contribution in [1.82, 2.24) is 9.80 Å². The van der Waals surface area contributed by atoms with Crippen LogP contribution < -0.4 is 0 Å². The number of hydrogen-bond donors (Lipinski definition) is 7. The van der Waals surface area contributed by atoms with Gasteiger partial charge in [0.2, 0.25) is 0 Å². The number of rotatable bonds is 16. The largest absolute Gasteiger partial charge is 0.481 e. The lowest BCUT2D eigenvalue weighted by atomic mass is 9.96. The van der Waals surface area contributed by atoms with Gasteiger partial charge >= 0.3 is 29.8 Å². The molecular formula is C22H42N2O12. The lowest BCUT2D eigenvalue weighted by Gasteiger charge is -2.43. The maximum absolute atomic E-state index is 10.3. The number of aliphatic hydroxyl groups is 2. The summed E-state index contributed by atoms with van der Waals surface area (Å²) in [6.07, 6.45) is -1.27. The predicted octanol–water partition coefficient (Wildman–Crippen LogP) is 0.804. The lowest BCUT2D eigenvalue weighted by Crippen LogP contribution is -2.58. The van der Waals surface area contributed by atoms with Crippen LogP contribution in [-0.4, -0.2) is 113 Å². The molecule has 14 nitrogen and oxygen atoms in total. The SMILES string of the molecule is CCN(CC)C(C)(O)N(CC)CC.O=C(O)CC(O)(CC(=O)O)C(=O)O.O=C(O)CCCCC(=O)O. The molecule has 0 rings (SSSR count). The van der Waals surface area contributed by atoms with Crippen LogP contribution in [-0.2, 0) is 24.0 Å². The number of aliphatic carboxylic acids is 5. The van der Waals surface area contributed by atoms with Crippen molar-refractivity contribution in [3.05, 3.63) is 0 Å². The summed E-state index contributed by atoms with van der Waals surface area (Å²) in [5.41, 5.74) is -2.74. The first-order valence-corrected chi connectivity index (χ1v) is 11.5. The Hall–Kier alpha value is -2.81. The van der Waals surface area contributed by atoms with Gasteiger partial charge in [0.1, 0.15) is 0 Å². The van der Waals surface area contributed by atoms with E-state index in [0.717, 1.165) is 26.2 Å². The van der Waals surface area contributed by atoms with Gasteiger partial charge in [0.25, 0.3) is 0 Å². The molecule has 0 aliphatic heterocycles. The van der Waals surface area contributed by atoms with Gasteiger partial charge in [0, 0.05) is 12.8 Å². The summed E-state index contributed by atoms with van der Waals surface area (Å²) in [5.74, 6) is -7.56. The second-order valence-corrected chi connectivity index (χ2v) is 7.79. The summed E-state index contributed by atoms with van der Waals surface area (Å²) in [7, 11) is 0. The number of carboxylic acid groups (broad SMARTS) is 5. The third-order valence-electron chi connectivity index (χ3n) is 5.04. The van der Waals surface area contributed by atoms with Crippen molar-refractivity contribution in [3.63, 3.8) is 0 Å². The normalized spacial score (nSPS) is 11.1. The van der Waals surface area contributed by atoms with E-state index in [0.29, 0.717) is 12.8 Å². The van der Waals surface area contributed by atoms with E-state index >= 15 is 0 Å². The van der Waals surface area contributed by atoms with Gasteiger partial charge in [-0.3, -0.25) is 29.0 Å². The van der Waals surface area contributed by atoms with Crippen molar-refractivity contribution in [2.45, 2.75) is 84.6 Å². The molecule has 0 atom stereocenters. The molecule has 0 spiro atoms. The highest BCUT2D eigenvalue weighted by molar-refractivity contribution is 5.88. The average molecular weight is 527 g/mol. The van der Waals surface area contributed by atoms with Crippen molar-refractivity contribution in [2.24, 2.45) is 0 Å². The molecule has 0 aromatic carbocycles. The van der Waals surface area contributed by atoms with E-state index in [2.05, 4.69) is 37.5 Å². The van der Waals surface area contributed by atoms with Crippen LogP contribution in [0.2, 0.25) is 0 Å². The van der Waals surface area contributed by atoms with E-state index in [4.69, 9.17) is 30.6 Å². The zero-order valence-electron chi connectivity index (χ0n) is 21.6. The Balaban J connectivity index is -0.000000459. The first kappa shape index (κ1) is 37.7. The smallest absolute Gasteiger partial charge is 0.336 e. The average Bonchev–Trinajstić information content (AvgIpc) is 2.72. The molecule has 0 unspecified atom stereocenters. The molecule has 212 valence electrons. The number of hydrogen-bond acceptors (Lipinski definition) is 9. The molecule has 0 aromatic heterocycles. The van der Waals surface area contributed by atoms with E-state index in [-0.39, 0.29) is 12.8 Å². The van der Waals surface area contributed by atoms with Crippen molar-refractivity contribution in [3.8, 4) is 0 Å². The third-order valence-corrected chi connectivity index (χ3v) is 5.04. The number of carboxylic acids is 5. The Morgan fingerprint density at radius 3 is 1.03 bits per heavy atom. The molecule has 7 N–H and O–H groups in total. The second-order valence-electron chi connectivity index (χ2n) is 7.79. The maximum Gasteiger partial charge on any atom is 0.336 e. The first-order chi connectivity index (χ1) is 16.4. The Kier molecular flexibility index (Phi) is 20.3. The topological polar surface area (TPSA) is 233 Å². The van der Waals surface area contributed by atoms with Gasteiger partial charge in [-0.15, -0.1) is 0 Å². The zero-order valence-corrected chi connectivity index (χ0v) is 21.6. The van der Waals surface area contributed by atoms with E-state index in [1.807, 2.05) is 6.92 Å². The third kappa shape index (κ3) is 17.6. The standard InChI is InChI=1S/C10H24N2O.C6H8O7.C6H10O4/c1-6-11(7-2)10(5,13)12(8-3)9-4;7-3(8)1-6(13,5(11)12)2-4(9)10;7-5(8)3-1-2-4-6(9)10/h13H,6-9H2,1-5H3;13H,1-2H2,(H,7,8)(H,9,10)(H,11,12);1-4H2,(H,7,8)(H,9,10). The molecule has 0 fully saturated rings. The first-order valence-electron chi connectivity index (χ1n) is 11.5. The number of unbranched alkanes of at least 4 members (excludes halogenated alkanes) is 1. The minimum absolute atomic E-state index is 0.0628. The Bertz CT molecular complexity index is 643. The minimum Gasteiger partial charge on any atom is -0.481 e. The van der Waals surface area contributed by atoms with Crippen molar-refractivity contribution < 1.29 is 59.7 Å². The molecule has 0 heterocycles. The van der Waals surface area contributed by atoms with Crippen LogP contribution in [0.25, 0.3) is 0 Å². The van der Waals surface area contributed by atoms with Crippen molar-refractivity contribution in [1.29, 1.82) is 0 Å². The van der Waals surface area contributed by atoms with Crippen LogP contribution in [0, 0.1) is 0 Å². The van der Waals surface area contributed by atoms with Gasteiger partial charge in [-0.05, 0) is 45.9 Å². The number of carbonyl (C=O) groups is 5. The van der Waals surface area contributed by atoms with Gasteiger partial charge in [0.05, 0.1) is 12.8 Å². The summed E-state index contributed by atoms with van der Waals surface area (Å²) in [4.78, 5) is 54.4. The molecule has 36 heavy (non-hydrogen) atoms. The summed E-state index contributed by atoms with van der Waals surface area (Å²) < 4.78 is 0. The molecule has 0 aliphatic rings. The fraction of sp³-hybridized carbons (Fsp3) is 0.773. The van der Waals surface area contributed by atoms with Crippen LogP contribution in [0.3, 0.4) is 0 Å². The van der Waals surface area contributed by atoms with Gasteiger partial charge in [-0.1, -0.05) is 27.7 Å². The van der Waals surface area contributed by atoms with Gasteiger partial charge in [-0.25, -0.2) is 4.79 Å². The quantitative estimate of drug-likeness (QED) is 0.109. The van der Waals surface area contributed by atoms with Crippen LogP contribution in [0.15, 0.2) is 0 Å². The van der Waals surface area contributed by atoms with E-state index in [1.54, 1.807) is 0 Å².